The number of amides is 2. The Hall–Kier alpha value is -2.89. The fourth-order valence-corrected chi connectivity index (χ4v) is 3.11. The molecule has 2 heterocycles. The third-order valence-corrected chi connectivity index (χ3v) is 4.68. The maximum atomic E-state index is 12.9. The molecule has 1 fully saturated rings. The number of aromatic nitrogens is 1. The smallest absolute Gasteiger partial charge is 0.272 e. The maximum Gasteiger partial charge on any atom is 0.272 e. The van der Waals surface area contributed by atoms with Crippen LogP contribution in [0.3, 0.4) is 0 Å². The molecule has 1 aliphatic heterocycles. The number of hydrogen-bond acceptors (Lipinski definition) is 4. The molecule has 26 heavy (non-hydrogen) atoms. The largest absolute Gasteiger partial charge is 0.368 e. The van der Waals surface area contributed by atoms with Gasteiger partial charge in [-0.1, -0.05) is 30.3 Å². The summed E-state index contributed by atoms with van der Waals surface area (Å²) in [4.78, 5) is 33.8. The van der Waals surface area contributed by atoms with E-state index >= 15 is 0 Å². The first-order valence-corrected chi connectivity index (χ1v) is 8.95. The molecule has 0 radical (unpaired) electrons. The standard InChI is InChI=1S/C20H24N4O2/c1-2-23(15-17-6-4-3-5-7-17)20(26)19-14-18(8-9-21-19)24-12-10-22(16-25)11-13-24/h3-9,14,16H,2,10-13,15H2,1H3. The Kier molecular flexibility index (Phi) is 5.84. The second-order valence-electron chi connectivity index (χ2n) is 6.33. The van der Waals surface area contributed by atoms with Crippen molar-refractivity contribution in [1.29, 1.82) is 0 Å². The van der Waals surface area contributed by atoms with E-state index in [2.05, 4.69) is 9.88 Å². The number of anilines is 1. The van der Waals surface area contributed by atoms with E-state index in [9.17, 15) is 9.59 Å². The normalized spacial score (nSPS) is 14.2. The van der Waals surface area contributed by atoms with Crippen molar-refractivity contribution in [2.45, 2.75) is 13.5 Å². The van der Waals surface area contributed by atoms with Crippen molar-refractivity contribution in [3.63, 3.8) is 0 Å². The topological polar surface area (TPSA) is 56.8 Å². The molecule has 0 saturated carbocycles. The predicted molar refractivity (Wildman–Crippen MR) is 101 cm³/mol. The Morgan fingerprint density at radius 3 is 2.54 bits per heavy atom. The molecule has 0 bridgehead atoms. The number of hydrogen-bond donors (Lipinski definition) is 0. The molecule has 0 N–H and O–H groups in total. The number of piperazine rings is 1. The molecule has 3 rings (SSSR count). The molecule has 1 aliphatic rings. The number of benzene rings is 1. The fraction of sp³-hybridized carbons (Fsp3) is 0.350. The molecule has 1 aromatic heterocycles. The van der Waals surface area contributed by atoms with Gasteiger partial charge in [0.25, 0.3) is 5.91 Å². The Balaban J connectivity index is 1.72. The van der Waals surface area contributed by atoms with Crippen molar-refractivity contribution in [3.05, 3.63) is 59.9 Å². The van der Waals surface area contributed by atoms with Gasteiger partial charge in [0, 0.05) is 51.2 Å². The van der Waals surface area contributed by atoms with Crippen molar-refractivity contribution in [2.24, 2.45) is 0 Å². The van der Waals surface area contributed by atoms with Crippen molar-refractivity contribution in [2.75, 3.05) is 37.6 Å². The maximum absolute atomic E-state index is 12.9. The number of carbonyl (C=O) groups is 2. The first kappa shape index (κ1) is 17.9. The van der Waals surface area contributed by atoms with Crippen LogP contribution in [0, 0.1) is 0 Å². The first-order chi connectivity index (χ1) is 12.7. The quantitative estimate of drug-likeness (QED) is 0.747. The molecule has 6 heteroatoms. The lowest BCUT2D eigenvalue weighted by Crippen LogP contribution is -2.45. The van der Waals surface area contributed by atoms with Gasteiger partial charge >= 0.3 is 0 Å². The van der Waals surface area contributed by atoms with E-state index in [1.54, 1.807) is 16.0 Å². The van der Waals surface area contributed by atoms with Gasteiger partial charge in [-0.2, -0.15) is 0 Å². The Morgan fingerprint density at radius 1 is 1.15 bits per heavy atom. The summed E-state index contributed by atoms with van der Waals surface area (Å²) in [5.41, 5.74) is 2.53. The van der Waals surface area contributed by atoms with Gasteiger partial charge in [-0.3, -0.25) is 14.6 Å². The lowest BCUT2D eigenvalue weighted by atomic mass is 10.2. The van der Waals surface area contributed by atoms with Crippen LogP contribution in [0.4, 0.5) is 5.69 Å². The van der Waals surface area contributed by atoms with E-state index in [4.69, 9.17) is 0 Å². The SMILES string of the molecule is CCN(Cc1ccccc1)C(=O)c1cc(N2CCN(C=O)CC2)ccn1. The molecular formula is C20H24N4O2. The van der Waals surface area contributed by atoms with Crippen LogP contribution in [-0.4, -0.2) is 59.8 Å². The van der Waals surface area contributed by atoms with E-state index in [0.717, 1.165) is 30.8 Å². The summed E-state index contributed by atoms with van der Waals surface area (Å²) >= 11 is 0. The summed E-state index contributed by atoms with van der Waals surface area (Å²) in [6.45, 7) is 6.09. The highest BCUT2D eigenvalue weighted by Gasteiger charge is 2.20. The molecule has 2 amide bonds. The molecular weight excluding hydrogens is 328 g/mol. The van der Waals surface area contributed by atoms with Crippen LogP contribution in [-0.2, 0) is 11.3 Å². The minimum absolute atomic E-state index is 0.0651. The van der Waals surface area contributed by atoms with Crippen LogP contribution < -0.4 is 4.90 Å². The second kappa shape index (κ2) is 8.47. The minimum Gasteiger partial charge on any atom is -0.368 e. The van der Waals surface area contributed by atoms with Gasteiger partial charge < -0.3 is 14.7 Å². The summed E-state index contributed by atoms with van der Waals surface area (Å²) in [6.07, 6.45) is 2.58. The number of nitrogens with zero attached hydrogens (tertiary/aromatic N) is 4. The summed E-state index contributed by atoms with van der Waals surface area (Å²) in [5, 5.41) is 0. The zero-order valence-electron chi connectivity index (χ0n) is 15.0. The monoisotopic (exact) mass is 352 g/mol. The van der Waals surface area contributed by atoms with Crippen molar-refractivity contribution < 1.29 is 9.59 Å². The summed E-state index contributed by atoms with van der Waals surface area (Å²) in [6, 6.07) is 13.7. The van der Waals surface area contributed by atoms with Gasteiger partial charge in [-0.15, -0.1) is 0 Å². The van der Waals surface area contributed by atoms with Gasteiger partial charge in [0.1, 0.15) is 5.69 Å². The second-order valence-corrected chi connectivity index (χ2v) is 6.33. The van der Waals surface area contributed by atoms with Gasteiger partial charge in [-0.05, 0) is 24.6 Å². The van der Waals surface area contributed by atoms with E-state index in [1.807, 2.05) is 49.4 Å². The molecule has 1 saturated heterocycles. The minimum atomic E-state index is -0.0651. The summed E-state index contributed by atoms with van der Waals surface area (Å²) in [5.74, 6) is -0.0651. The Morgan fingerprint density at radius 2 is 1.88 bits per heavy atom. The van der Waals surface area contributed by atoms with E-state index in [-0.39, 0.29) is 5.91 Å². The molecule has 1 aromatic carbocycles. The third kappa shape index (κ3) is 4.20. The van der Waals surface area contributed by atoms with Crippen molar-refractivity contribution in [1.82, 2.24) is 14.8 Å². The van der Waals surface area contributed by atoms with Crippen LogP contribution in [0.15, 0.2) is 48.7 Å². The molecule has 136 valence electrons. The molecule has 0 spiro atoms. The molecule has 0 unspecified atom stereocenters. The highest BCUT2D eigenvalue weighted by atomic mass is 16.2. The van der Waals surface area contributed by atoms with Crippen LogP contribution in [0.5, 0.6) is 0 Å². The lowest BCUT2D eigenvalue weighted by Gasteiger charge is -2.34. The van der Waals surface area contributed by atoms with Gasteiger partial charge in [0.05, 0.1) is 0 Å². The molecule has 2 aromatic rings. The van der Waals surface area contributed by atoms with Crippen LogP contribution in [0.1, 0.15) is 23.0 Å². The number of rotatable bonds is 6. The van der Waals surface area contributed by atoms with Gasteiger partial charge in [0.2, 0.25) is 6.41 Å². The van der Waals surface area contributed by atoms with Crippen LogP contribution in [0.2, 0.25) is 0 Å². The van der Waals surface area contributed by atoms with Gasteiger partial charge in [0.15, 0.2) is 0 Å². The van der Waals surface area contributed by atoms with E-state index in [0.29, 0.717) is 31.9 Å². The van der Waals surface area contributed by atoms with E-state index < -0.39 is 0 Å². The summed E-state index contributed by atoms with van der Waals surface area (Å²) < 4.78 is 0. The molecule has 0 atom stereocenters. The first-order valence-electron chi connectivity index (χ1n) is 8.95. The number of pyridine rings is 1. The van der Waals surface area contributed by atoms with Crippen LogP contribution >= 0.6 is 0 Å². The Bertz CT molecular complexity index is 742. The van der Waals surface area contributed by atoms with E-state index in [1.165, 1.54) is 0 Å². The zero-order chi connectivity index (χ0) is 18.4. The third-order valence-electron chi connectivity index (χ3n) is 4.68. The van der Waals surface area contributed by atoms with Crippen molar-refractivity contribution in [3.8, 4) is 0 Å². The zero-order valence-corrected chi connectivity index (χ0v) is 15.0. The Labute approximate surface area is 154 Å². The fourth-order valence-electron chi connectivity index (χ4n) is 3.11. The number of carbonyl (C=O) groups excluding carboxylic acids is 2. The average molecular weight is 352 g/mol. The highest BCUT2D eigenvalue weighted by molar-refractivity contribution is 5.93. The average Bonchev–Trinajstić information content (AvgIpc) is 2.72. The molecule has 0 aliphatic carbocycles. The highest BCUT2D eigenvalue weighted by Crippen LogP contribution is 2.18. The summed E-state index contributed by atoms with van der Waals surface area (Å²) in [7, 11) is 0. The lowest BCUT2D eigenvalue weighted by molar-refractivity contribution is -0.118. The van der Waals surface area contributed by atoms with Crippen molar-refractivity contribution >= 4 is 18.0 Å². The molecule has 6 nitrogen and oxygen atoms in total. The van der Waals surface area contributed by atoms with Gasteiger partial charge in [-0.25, -0.2) is 0 Å². The predicted octanol–water partition coefficient (Wildman–Crippen LogP) is 2.02. The van der Waals surface area contributed by atoms with Crippen LogP contribution in [0.25, 0.3) is 0 Å².